The highest BCUT2D eigenvalue weighted by atomic mass is 16.5. The molecule has 1 unspecified atom stereocenters. The van der Waals surface area contributed by atoms with Gasteiger partial charge in [0.15, 0.2) is 0 Å². The molecule has 0 aromatic heterocycles. The zero-order chi connectivity index (χ0) is 15.7. The van der Waals surface area contributed by atoms with E-state index in [1.807, 2.05) is 0 Å². The lowest BCUT2D eigenvalue weighted by atomic mass is 9.95. The number of hydrogen-bond acceptors (Lipinski definition) is 2. The van der Waals surface area contributed by atoms with Crippen molar-refractivity contribution in [3.05, 3.63) is 35.9 Å². The van der Waals surface area contributed by atoms with Crippen LogP contribution in [0.5, 0.6) is 0 Å². The highest BCUT2D eigenvalue weighted by molar-refractivity contribution is 5.20. The normalized spacial score (nSPS) is 13.6. The minimum absolute atomic E-state index is 0.158. The average molecular weight is 291 g/mol. The Hall–Kier alpha value is -0.860. The molecule has 1 aromatic rings. The second-order valence-electron chi connectivity index (χ2n) is 7.32. The van der Waals surface area contributed by atoms with Gasteiger partial charge in [-0.15, -0.1) is 0 Å². The molecule has 0 aliphatic rings. The van der Waals surface area contributed by atoms with Crippen molar-refractivity contribution in [3.8, 4) is 0 Å². The molecular weight excluding hydrogens is 258 g/mol. The first-order valence-corrected chi connectivity index (χ1v) is 8.26. The van der Waals surface area contributed by atoms with Crippen LogP contribution >= 0.6 is 0 Å². The monoisotopic (exact) mass is 291 g/mol. The van der Waals surface area contributed by atoms with Gasteiger partial charge in [-0.05, 0) is 51.0 Å². The van der Waals surface area contributed by atoms with Crippen LogP contribution in [0.3, 0.4) is 0 Å². The van der Waals surface area contributed by atoms with E-state index in [9.17, 15) is 0 Å². The Balaban J connectivity index is 2.45. The van der Waals surface area contributed by atoms with Crippen LogP contribution in [0.15, 0.2) is 30.3 Å². The van der Waals surface area contributed by atoms with Crippen molar-refractivity contribution in [1.29, 1.82) is 0 Å². The van der Waals surface area contributed by atoms with Gasteiger partial charge in [0.2, 0.25) is 0 Å². The summed E-state index contributed by atoms with van der Waals surface area (Å²) in [6.45, 7) is 13.9. The number of nitrogens with one attached hydrogen (secondary N) is 1. The van der Waals surface area contributed by atoms with E-state index in [0.29, 0.717) is 5.92 Å². The molecule has 0 aliphatic carbocycles. The van der Waals surface area contributed by atoms with Crippen molar-refractivity contribution in [3.63, 3.8) is 0 Å². The van der Waals surface area contributed by atoms with E-state index in [1.54, 1.807) is 0 Å². The van der Waals surface area contributed by atoms with Crippen LogP contribution in [-0.2, 0) is 4.74 Å². The van der Waals surface area contributed by atoms with E-state index in [0.717, 1.165) is 38.5 Å². The standard InChI is InChI=1S/C19H33NO/c1-16(2)11-13-21-14-12-18(15-20-19(3,4)5)17-9-7-6-8-10-17/h6-10,16,18,20H,11-15H2,1-5H3. The third-order valence-electron chi connectivity index (χ3n) is 3.60. The maximum Gasteiger partial charge on any atom is 0.0472 e. The molecular formula is C19H33NO. The zero-order valence-corrected chi connectivity index (χ0v) is 14.5. The van der Waals surface area contributed by atoms with E-state index < -0.39 is 0 Å². The minimum Gasteiger partial charge on any atom is -0.381 e. The zero-order valence-electron chi connectivity index (χ0n) is 14.5. The van der Waals surface area contributed by atoms with Crippen molar-refractivity contribution >= 4 is 0 Å². The fraction of sp³-hybridized carbons (Fsp3) is 0.684. The number of benzene rings is 1. The summed E-state index contributed by atoms with van der Waals surface area (Å²) in [5.41, 5.74) is 1.56. The summed E-state index contributed by atoms with van der Waals surface area (Å²) in [5.74, 6) is 1.24. The number of rotatable bonds is 9. The lowest BCUT2D eigenvalue weighted by molar-refractivity contribution is 0.116. The van der Waals surface area contributed by atoms with E-state index in [-0.39, 0.29) is 5.54 Å². The molecule has 0 saturated heterocycles. The van der Waals surface area contributed by atoms with Gasteiger partial charge < -0.3 is 10.1 Å². The van der Waals surface area contributed by atoms with Crippen molar-refractivity contribution in [1.82, 2.24) is 5.32 Å². The van der Waals surface area contributed by atoms with Gasteiger partial charge in [0, 0.05) is 25.3 Å². The molecule has 2 nitrogen and oxygen atoms in total. The Kier molecular flexibility index (Phi) is 7.98. The molecule has 0 bridgehead atoms. The number of hydrogen-bond donors (Lipinski definition) is 1. The molecule has 0 spiro atoms. The minimum atomic E-state index is 0.158. The average Bonchev–Trinajstić information content (AvgIpc) is 2.41. The van der Waals surface area contributed by atoms with Crippen LogP contribution in [-0.4, -0.2) is 25.3 Å². The van der Waals surface area contributed by atoms with Crippen molar-refractivity contribution in [2.75, 3.05) is 19.8 Å². The molecule has 0 saturated carbocycles. The van der Waals surface area contributed by atoms with Gasteiger partial charge in [0.05, 0.1) is 0 Å². The van der Waals surface area contributed by atoms with Crippen LogP contribution in [0.25, 0.3) is 0 Å². The van der Waals surface area contributed by atoms with Gasteiger partial charge in [-0.1, -0.05) is 44.2 Å². The maximum atomic E-state index is 5.80. The second kappa shape index (κ2) is 9.22. The molecule has 1 atom stereocenters. The molecule has 21 heavy (non-hydrogen) atoms. The quantitative estimate of drug-likeness (QED) is 0.671. The van der Waals surface area contributed by atoms with Gasteiger partial charge in [-0.2, -0.15) is 0 Å². The van der Waals surface area contributed by atoms with Crippen LogP contribution < -0.4 is 5.32 Å². The molecule has 1 aromatic carbocycles. The highest BCUT2D eigenvalue weighted by Gasteiger charge is 2.15. The second-order valence-corrected chi connectivity index (χ2v) is 7.32. The largest absolute Gasteiger partial charge is 0.381 e. The molecule has 1 N–H and O–H groups in total. The summed E-state index contributed by atoms with van der Waals surface area (Å²) in [6.07, 6.45) is 2.22. The summed E-state index contributed by atoms with van der Waals surface area (Å²) < 4.78 is 5.80. The third-order valence-corrected chi connectivity index (χ3v) is 3.60. The Labute approximate surface area is 131 Å². The van der Waals surface area contributed by atoms with Gasteiger partial charge in [0.25, 0.3) is 0 Å². The summed E-state index contributed by atoms with van der Waals surface area (Å²) in [5, 5.41) is 3.62. The van der Waals surface area contributed by atoms with Crippen molar-refractivity contribution < 1.29 is 4.74 Å². The summed E-state index contributed by atoms with van der Waals surface area (Å²) in [6, 6.07) is 10.8. The van der Waals surface area contributed by atoms with Crippen LogP contribution in [0.4, 0.5) is 0 Å². The fourth-order valence-electron chi connectivity index (χ4n) is 2.19. The van der Waals surface area contributed by atoms with Crippen LogP contribution in [0.2, 0.25) is 0 Å². The molecule has 0 heterocycles. The predicted octanol–water partition coefficient (Wildman–Crippen LogP) is 4.61. The van der Waals surface area contributed by atoms with Gasteiger partial charge in [-0.25, -0.2) is 0 Å². The highest BCUT2D eigenvalue weighted by Crippen LogP contribution is 2.20. The first-order valence-electron chi connectivity index (χ1n) is 8.26. The van der Waals surface area contributed by atoms with Crippen molar-refractivity contribution in [2.45, 2.75) is 58.9 Å². The van der Waals surface area contributed by atoms with Crippen LogP contribution in [0, 0.1) is 5.92 Å². The lowest BCUT2D eigenvalue weighted by Gasteiger charge is -2.25. The topological polar surface area (TPSA) is 21.3 Å². The molecule has 120 valence electrons. The molecule has 0 aliphatic heterocycles. The van der Waals surface area contributed by atoms with E-state index >= 15 is 0 Å². The molecule has 1 rings (SSSR count). The SMILES string of the molecule is CC(C)CCOCCC(CNC(C)(C)C)c1ccccc1. The smallest absolute Gasteiger partial charge is 0.0472 e. The lowest BCUT2D eigenvalue weighted by Crippen LogP contribution is -2.38. The van der Waals surface area contributed by atoms with Crippen molar-refractivity contribution in [2.24, 2.45) is 5.92 Å². The third kappa shape index (κ3) is 8.90. The van der Waals surface area contributed by atoms with Gasteiger partial charge in [-0.3, -0.25) is 0 Å². The van der Waals surface area contributed by atoms with E-state index in [2.05, 4.69) is 70.3 Å². The van der Waals surface area contributed by atoms with E-state index in [1.165, 1.54) is 5.56 Å². The number of ether oxygens (including phenoxy) is 1. The Morgan fingerprint density at radius 2 is 1.62 bits per heavy atom. The Morgan fingerprint density at radius 1 is 1.00 bits per heavy atom. The summed E-state index contributed by atoms with van der Waals surface area (Å²) >= 11 is 0. The summed E-state index contributed by atoms with van der Waals surface area (Å²) in [4.78, 5) is 0. The van der Waals surface area contributed by atoms with E-state index in [4.69, 9.17) is 4.74 Å². The molecule has 2 heteroatoms. The predicted molar refractivity (Wildman–Crippen MR) is 91.8 cm³/mol. The van der Waals surface area contributed by atoms with Gasteiger partial charge >= 0.3 is 0 Å². The van der Waals surface area contributed by atoms with Crippen LogP contribution in [0.1, 0.15) is 58.9 Å². The first kappa shape index (κ1) is 18.2. The Morgan fingerprint density at radius 3 is 2.19 bits per heavy atom. The van der Waals surface area contributed by atoms with Gasteiger partial charge in [0.1, 0.15) is 0 Å². The summed E-state index contributed by atoms with van der Waals surface area (Å²) in [7, 11) is 0. The molecule has 0 fully saturated rings. The molecule has 0 amide bonds. The Bertz CT molecular complexity index is 367. The first-order chi connectivity index (χ1) is 9.88. The molecule has 0 radical (unpaired) electrons. The fourth-order valence-corrected chi connectivity index (χ4v) is 2.19. The maximum absolute atomic E-state index is 5.80.